The number of hydrogen-bond acceptors (Lipinski definition) is 4. The number of nitrogen functional groups attached to an aromatic ring is 1. The first-order valence-corrected chi connectivity index (χ1v) is 6.42. The van der Waals surface area contributed by atoms with Gasteiger partial charge in [-0.1, -0.05) is 0 Å². The summed E-state index contributed by atoms with van der Waals surface area (Å²) in [5.41, 5.74) is 5.44. The lowest BCUT2D eigenvalue weighted by molar-refractivity contribution is -0.122. The van der Waals surface area contributed by atoms with Gasteiger partial charge in [0.1, 0.15) is 4.90 Å². The van der Waals surface area contributed by atoms with Crippen LogP contribution in [0.1, 0.15) is 5.69 Å². The van der Waals surface area contributed by atoms with E-state index in [1.54, 1.807) is 0 Å². The third kappa shape index (κ3) is 3.15. The van der Waals surface area contributed by atoms with Gasteiger partial charge in [-0.3, -0.25) is 4.68 Å². The molecule has 1 heterocycles. The van der Waals surface area contributed by atoms with Crippen molar-refractivity contribution in [3.05, 3.63) is 5.69 Å². The first kappa shape index (κ1) is 15.7. The number of anilines is 1. The summed E-state index contributed by atoms with van der Waals surface area (Å²) < 4.78 is 75.2. The molecule has 0 fully saturated rings. The number of nitrogens with two attached hydrogens (primary N) is 1. The zero-order chi connectivity index (χ0) is 15.0. The molecule has 0 aromatic carbocycles. The monoisotopic (exact) mass is 304 g/mol. The Morgan fingerprint density at radius 1 is 1.47 bits per heavy atom. The molecule has 0 unspecified atom stereocenters. The third-order valence-electron chi connectivity index (χ3n) is 2.39. The lowest BCUT2D eigenvalue weighted by Crippen LogP contribution is -2.41. The number of hydrogen-bond donors (Lipinski definition) is 2. The summed E-state index contributed by atoms with van der Waals surface area (Å²) in [4.78, 5) is -0.500. The molecular weight excluding hydrogens is 292 g/mol. The van der Waals surface area contributed by atoms with Crippen LogP contribution in [0, 0.1) is 6.92 Å². The van der Waals surface area contributed by atoms with Gasteiger partial charge in [-0.25, -0.2) is 21.9 Å². The molecule has 0 spiro atoms. The first-order chi connectivity index (χ1) is 8.49. The lowest BCUT2D eigenvalue weighted by atomic mass is 10.4. The van der Waals surface area contributed by atoms with E-state index in [0.29, 0.717) is 0 Å². The van der Waals surface area contributed by atoms with Crippen LogP contribution < -0.4 is 10.5 Å². The highest BCUT2D eigenvalue weighted by Crippen LogP contribution is 2.24. The van der Waals surface area contributed by atoms with Crippen molar-refractivity contribution in [2.75, 3.05) is 12.3 Å². The smallest absolute Gasteiger partial charge is 0.320 e. The quantitative estimate of drug-likeness (QED) is 0.775. The highest BCUT2D eigenvalue weighted by Gasteiger charge is 2.42. The summed E-state index contributed by atoms with van der Waals surface area (Å²) in [5, 5.41) is 3.60. The highest BCUT2D eigenvalue weighted by molar-refractivity contribution is 7.89. The number of halogens is 4. The van der Waals surface area contributed by atoms with Gasteiger partial charge >= 0.3 is 12.3 Å². The van der Waals surface area contributed by atoms with Gasteiger partial charge in [0.2, 0.25) is 10.0 Å². The van der Waals surface area contributed by atoms with E-state index in [1.165, 1.54) is 18.7 Å². The average Bonchev–Trinajstić information content (AvgIpc) is 2.51. The molecule has 19 heavy (non-hydrogen) atoms. The number of nitrogens with one attached hydrogen (secondary N) is 1. The molecule has 0 aliphatic rings. The van der Waals surface area contributed by atoms with Gasteiger partial charge in [0, 0.05) is 7.05 Å². The van der Waals surface area contributed by atoms with E-state index in [1.807, 2.05) is 0 Å². The topological polar surface area (TPSA) is 90.0 Å². The van der Waals surface area contributed by atoms with Crippen LogP contribution in [0.25, 0.3) is 0 Å². The van der Waals surface area contributed by atoms with Crippen molar-refractivity contribution >= 4 is 15.8 Å². The Hall–Kier alpha value is -1.36. The summed E-state index contributed by atoms with van der Waals surface area (Å²) in [5.74, 6) is -4.86. The van der Waals surface area contributed by atoms with Crippen LogP contribution in [0.15, 0.2) is 4.90 Å². The van der Waals surface area contributed by atoms with Gasteiger partial charge in [-0.2, -0.15) is 13.9 Å². The summed E-state index contributed by atoms with van der Waals surface area (Å²) in [7, 11) is -3.04. The Balaban J connectivity index is 3.01. The molecule has 0 amide bonds. The van der Waals surface area contributed by atoms with Crippen molar-refractivity contribution in [3.8, 4) is 0 Å². The zero-order valence-corrected chi connectivity index (χ0v) is 10.8. The molecule has 1 rings (SSSR count). The van der Waals surface area contributed by atoms with Crippen LogP contribution in [0.5, 0.6) is 0 Å². The van der Waals surface area contributed by atoms with Crippen LogP contribution in [0.2, 0.25) is 0 Å². The fourth-order valence-corrected chi connectivity index (χ4v) is 2.65. The van der Waals surface area contributed by atoms with Crippen molar-refractivity contribution < 1.29 is 26.0 Å². The van der Waals surface area contributed by atoms with E-state index >= 15 is 0 Å². The lowest BCUT2D eigenvalue weighted by Gasteiger charge is -2.15. The van der Waals surface area contributed by atoms with Crippen molar-refractivity contribution in [2.24, 2.45) is 7.05 Å². The van der Waals surface area contributed by atoms with E-state index in [9.17, 15) is 26.0 Å². The van der Waals surface area contributed by atoms with Gasteiger partial charge in [-0.05, 0) is 6.92 Å². The number of sulfonamides is 1. The molecule has 6 nitrogen and oxygen atoms in total. The Bertz CT molecular complexity index is 570. The Morgan fingerprint density at radius 2 is 2.00 bits per heavy atom. The van der Waals surface area contributed by atoms with Gasteiger partial charge in [0.15, 0.2) is 5.82 Å². The van der Waals surface area contributed by atoms with Gasteiger partial charge in [0.05, 0.1) is 12.2 Å². The van der Waals surface area contributed by atoms with E-state index in [4.69, 9.17) is 5.73 Å². The summed E-state index contributed by atoms with van der Waals surface area (Å²) in [6.07, 6.45) is -3.97. The Kier molecular flexibility index (Phi) is 4.10. The Morgan fingerprint density at radius 3 is 2.37 bits per heavy atom. The van der Waals surface area contributed by atoms with Crippen LogP contribution in [-0.2, 0) is 17.1 Å². The molecule has 3 N–H and O–H groups in total. The molecular formula is C8H12F4N4O2S. The summed E-state index contributed by atoms with van der Waals surface area (Å²) in [6, 6.07) is 0. The van der Waals surface area contributed by atoms with Gasteiger partial charge in [0.25, 0.3) is 0 Å². The number of nitrogens with zero attached hydrogens (tertiary/aromatic N) is 2. The predicted octanol–water partition coefficient (Wildman–Crippen LogP) is 0.489. The fraction of sp³-hybridized carbons (Fsp3) is 0.625. The molecule has 110 valence electrons. The molecule has 0 aliphatic carbocycles. The Labute approximate surface area is 106 Å². The normalized spacial score (nSPS) is 13.2. The van der Waals surface area contributed by atoms with Crippen LogP contribution in [0.4, 0.5) is 23.4 Å². The fourth-order valence-electron chi connectivity index (χ4n) is 1.29. The number of rotatable bonds is 5. The highest BCUT2D eigenvalue weighted by atomic mass is 32.2. The molecule has 1 aromatic heterocycles. The van der Waals surface area contributed by atoms with E-state index in [0.717, 1.165) is 4.68 Å². The largest absolute Gasteiger partial charge is 0.381 e. The molecule has 0 saturated carbocycles. The maximum absolute atomic E-state index is 12.7. The SMILES string of the molecule is Cc1c(S(=O)(=O)NCC(F)(F)C(F)F)c(N)nn1C. The van der Waals surface area contributed by atoms with Crippen LogP contribution in [-0.4, -0.2) is 37.1 Å². The zero-order valence-electron chi connectivity index (χ0n) is 9.99. The van der Waals surface area contributed by atoms with Crippen molar-refractivity contribution in [2.45, 2.75) is 24.2 Å². The third-order valence-corrected chi connectivity index (χ3v) is 3.96. The average molecular weight is 304 g/mol. The maximum Gasteiger partial charge on any atom is 0.320 e. The van der Waals surface area contributed by atoms with E-state index in [2.05, 4.69) is 5.10 Å². The van der Waals surface area contributed by atoms with Gasteiger partial charge in [-0.15, -0.1) is 0 Å². The minimum Gasteiger partial charge on any atom is -0.381 e. The molecule has 1 aromatic rings. The number of aryl methyl sites for hydroxylation is 1. The molecule has 0 aliphatic heterocycles. The summed E-state index contributed by atoms with van der Waals surface area (Å²) in [6.45, 7) is -0.371. The predicted molar refractivity (Wildman–Crippen MR) is 58.5 cm³/mol. The molecule has 0 bridgehead atoms. The van der Waals surface area contributed by atoms with Crippen LogP contribution >= 0.6 is 0 Å². The maximum atomic E-state index is 12.7. The number of alkyl halides is 4. The molecule has 0 saturated heterocycles. The molecule has 0 atom stereocenters. The van der Waals surface area contributed by atoms with Crippen molar-refractivity contribution in [1.29, 1.82) is 0 Å². The van der Waals surface area contributed by atoms with E-state index < -0.39 is 39.6 Å². The minimum absolute atomic E-state index is 0.102. The van der Waals surface area contributed by atoms with E-state index in [-0.39, 0.29) is 5.69 Å². The minimum atomic E-state index is -4.46. The standard InChI is InChI=1S/C8H12F4N4O2S/c1-4-5(6(13)15-16(4)2)19(17,18)14-3-8(11,12)7(9)10/h7,14H,3H2,1-2H3,(H2,13,15). The van der Waals surface area contributed by atoms with Crippen molar-refractivity contribution in [3.63, 3.8) is 0 Å². The van der Waals surface area contributed by atoms with Gasteiger partial charge < -0.3 is 5.73 Å². The molecule has 0 radical (unpaired) electrons. The van der Waals surface area contributed by atoms with Crippen molar-refractivity contribution in [1.82, 2.24) is 14.5 Å². The second-order valence-electron chi connectivity index (χ2n) is 3.81. The number of aromatic nitrogens is 2. The second kappa shape index (κ2) is 4.96. The van der Waals surface area contributed by atoms with Crippen LogP contribution in [0.3, 0.4) is 0 Å². The molecule has 11 heteroatoms. The second-order valence-corrected chi connectivity index (χ2v) is 5.51. The first-order valence-electron chi connectivity index (χ1n) is 4.93. The summed E-state index contributed by atoms with van der Waals surface area (Å²) >= 11 is 0.